The molecule has 3 aromatic rings. The zero-order chi connectivity index (χ0) is 19.4. The van der Waals surface area contributed by atoms with Gasteiger partial charge in [-0.05, 0) is 44.2 Å². The van der Waals surface area contributed by atoms with E-state index in [0.717, 1.165) is 15.7 Å². The van der Waals surface area contributed by atoms with Gasteiger partial charge in [0, 0.05) is 16.2 Å². The smallest absolute Gasteiger partial charge is 0.256 e. The Morgan fingerprint density at radius 1 is 1.22 bits per heavy atom. The van der Waals surface area contributed by atoms with E-state index in [9.17, 15) is 4.79 Å². The predicted molar refractivity (Wildman–Crippen MR) is 103 cm³/mol. The summed E-state index contributed by atoms with van der Waals surface area (Å²) in [5.41, 5.74) is 2.10. The van der Waals surface area contributed by atoms with Crippen LogP contribution in [0.3, 0.4) is 0 Å². The van der Waals surface area contributed by atoms with Crippen LogP contribution < -0.4 is 14.8 Å². The molecule has 1 aromatic carbocycles. The van der Waals surface area contributed by atoms with Crippen LogP contribution >= 0.6 is 15.9 Å². The number of aromatic nitrogens is 2. The fraction of sp³-hybridized carbons (Fsp3) is 0.211. The van der Waals surface area contributed by atoms with E-state index in [-0.39, 0.29) is 5.91 Å². The Morgan fingerprint density at radius 3 is 2.70 bits per heavy atom. The van der Waals surface area contributed by atoms with E-state index < -0.39 is 0 Å². The van der Waals surface area contributed by atoms with Crippen LogP contribution in [-0.2, 0) is 6.61 Å². The van der Waals surface area contributed by atoms with Gasteiger partial charge in [0.2, 0.25) is 0 Å². The molecule has 3 rings (SSSR count). The van der Waals surface area contributed by atoms with Gasteiger partial charge in [-0.25, -0.2) is 4.98 Å². The van der Waals surface area contributed by atoms with Crippen molar-refractivity contribution in [2.45, 2.75) is 20.5 Å². The van der Waals surface area contributed by atoms with Crippen molar-refractivity contribution < 1.29 is 18.8 Å². The highest BCUT2D eigenvalue weighted by atomic mass is 79.9. The number of rotatable bonds is 6. The predicted octanol–water partition coefficient (Wildman–Crippen LogP) is 4.29. The highest BCUT2D eigenvalue weighted by Gasteiger charge is 2.14. The molecular formula is C19H18BrN3O4. The number of methoxy groups -OCH3 is 1. The number of carbonyl (C=O) groups excluding carboxylic acids is 1. The summed E-state index contributed by atoms with van der Waals surface area (Å²) in [6.07, 6.45) is 1.60. The first kappa shape index (κ1) is 18.9. The summed E-state index contributed by atoms with van der Waals surface area (Å²) in [7, 11) is 1.52. The number of ether oxygens (including phenoxy) is 2. The monoisotopic (exact) mass is 431 g/mol. The lowest BCUT2D eigenvalue weighted by Gasteiger charge is -2.12. The molecule has 0 bridgehead atoms. The molecule has 0 spiro atoms. The first-order valence-corrected chi connectivity index (χ1v) is 8.92. The van der Waals surface area contributed by atoms with Gasteiger partial charge in [0.1, 0.15) is 18.2 Å². The number of benzene rings is 1. The number of amides is 1. The summed E-state index contributed by atoms with van der Waals surface area (Å²) < 4.78 is 17.2. The molecule has 0 saturated carbocycles. The van der Waals surface area contributed by atoms with Gasteiger partial charge in [0.15, 0.2) is 11.5 Å². The molecular weight excluding hydrogens is 414 g/mol. The molecule has 8 heteroatoms. The molecule has 0 fully saturated rings. The first-order valence-electron chi connectivity index (χ1n) is 8.13. The van der Waals surface area contributed by atoms with Crippen molar-refractivity contribution in [1.29, 1.82) is 0 Å². The Balaban J connectivity index is 1.74. The molecule has 2 aromatic heterocycles. The summed E-state index contributed by atoms with van der Waals surface area (Å²) in [5.74, 6) is 1.85. The molecule has 27 heavy (non-hydrogen) atoms. The number of hydrogen-bond acceptors (Lipinski definition) is 6. The topological polar surface area (TPSA) is 86.5 Å². The first-order chi connectivity index (χ1) is 13.0. The van der Waals surface area contributed by atoms with Crippen molar-refractivity contribution in [1.82, 2.24) is 10.1 Å². The van der Waals surface area contributed by atoms with E-state index in [1.165, 1.54) is 7.11 Å². The van der Waals surface area contributed by atoms with Crippen molar-refractivity contribution in [3.05, 3.63) is 63.6 Å². The van der Waals surface area contributed by atoms with Gasteiger partial charge >= 0.3 is 0 Å². The van der Waals surface area contributed by atoms with Crippen LogP contribution in [0.25, 0.3) is 0 Å². The van der Waals surface area contributed by atoms with Gasteiger partial charge < -0.3 is 19.3 Å². The van der Waals surface area contributed by atoms with Crippen molar-refractivity contribution in [2.24, 2.45) is 0 Å². The van der Waals surface area contributed by atoms with Crippen LogP contribution in [0.5, 0.6) is 11.5 Å². The van der Waals surface area contributed by atoms with Gasteiger partial charge in [0.05, 0.1) is 18.4 Å². The van der Waals surface area contributed by atoms with Gasteiger partial charge in [-0.1, -0.05) is 21.1 Å². The van der Waals surface area contributed by atoms with Crippen molar-refractivity contribution in [3.8, 4) is 11.5 Å². The number of nitrogens with one attached hydrogen (secondary N) is 1. The molecule has 1 amide bonds. The molecule has 7 nitrogen and oxygen atoms in total. The van der Waals surface area contributed by atoms with E-state index in [4.69, 9.17) is 14.0 Å². The molecule has 0 saturated heterocycles. The second-order valence-electron chi connectivity index (χ2n) is 5.77. The Kier molecular flexibility index (Phi) is 5.75. The number of hydrogen-bond donors (Lipinski definition) is 1. The van der Waals surface area contributed by atoms with Crippen LogP contribution in [-0.4, -0.2) is 23.2 Å². The maximum absolute atomic E-state index is 12.5. The SMILES string of the molecule is COc1cc(C(=O)Nc2cc(Br)ccn2)ccc1OCc1c(C)noc1C. The fourth-order valence-corrected chi connectivity index (χ4v) is 2.78. The highest BCUT2D eigenvalue weighted by Crippen LogP contribution is 2.30. The van der Waals surface area contributed by atoms with Crippen LogP contribution in [0.4, 0.5) is 5.82 Å². The zero-order valence-corrected chi connectivity index (χ0v) is 16.7. The summed E-state index contributed by atoms with van der Waals surface area (Å²) >= 11 is 3.35. The highest BCUT2D eigenvalue weighted by molar-refractivity contribution is 9.10. The number of pyridine rings is 1. The average Bonchev–Trinajstić information content (AvgIpc) is 2.97. The quantitative estimate of drug-likeness (QED) is 0.626. The molecule has 0 aliphatic carbocycles. The molecule has 2 heterocycles. The number of anilines is 1. The third kappa shape index (κ3) is 4.46. The minimum Gasteiger partial charge on any atom is -0.493 e. The molecule has 0 radical (unpaired) electrons. The van der Waals surface area contributed by atoms with E-state index in [1.807, 2.05) is 13.8 Å². The minimum atomic E-state index is -0.295. The standard InChI is InChI=1S/C19H18BrN3O4/c1-11-15(12(2)27-23-11)10-26-16-5-4-13(8-17(16)25-3)19(24)22-18-9-14(20)6-7-21-18/h4-9H,10H2,1-3H3,(H,21,22,24). The lowest BCUT2D eigenvalue weighted by atomic mass is 10.2. The molecule has 0 aliphatic rings. The zero-order valence-electron chi connectivity index (χ0n) is 15.1. The van der Waals surface area contributed by atoms with E-state index in [2.05, 4.69) is 31.4 Å². The van der Waals surface area contributed by atoms with Crippen LogP contribution in [0.1, 0.15) is 27.4 Å². The van der Waals surface area contributed by atoms with Crippen molar-refractivity contribution in [2.75, 3.05) is 12.4 Å². The number of halogens is 1. The fourth-order valence-electron chi connectivity index (χ4n) is 2.45. The average molecular weight is 432 g/mol. The largest absolute Gasteiger partial charge is 0.493 e. The van der Waals surface area contributed by atoms with Gasteiger partial charge in [-0.3, -0.25) is 4.79 Å². The van der Waals surface area contributed by atoms with Crippen molar-refractivity contribution >= 4 is 27.7 Å². The molecule has 140 valence electrons. The van der Waals surface area contributed by atoms with Crippen LogP contribution in [0, 0.1) is 13.8 Å². The third-order valence-electron chi connectivity index (χ3n) is 3.94. The number of nitrogens with zero attached hydrogens (tertiary/aromatic N) is 2. The molecule has 0 unspecified atom stereocenters. The van der Waals surface area contributed by atoms with Crippen LogP contribution in [0.15, 0.2) is 45.5 Å². The van der Waals surface area contributed by atoms with E-state index in [1.54, 1.807) is 36.5 Å². The van der Waals surface area contributed by atoms with E-state index in [0.29, 0.717) is 35.2 Å². The van der Waals surface area contributed by atoms with Gasteiger partial charge in [-0.2, -0.15) is 0 Å². The Bertz CT molecular complexity index is 952. The molecule has 1 N–H and O–H groups in total. The lowest BCUT2D eigenvalue weighted by molar-refractivity contribution is 0.102. The Hall–Kier alpha value is -2.87. The second kappa shape index (κ2) is 8.22. The summed E-state index contributed by atoms with van der Waals surface area (Å²) in [4.78, 5) is 16.6. The Labute approximate surface area is 164 Å². The van der Waals surface area contributed by atoms with Gasteiger partial charge in [-0.15, -0.1) is 0 Å². The Morgan fingerprint density at radius 2 is 2.04 bits per heavy atom. The third-order valence-corrected chi connectivity index (χ3v) is 4.44. The second-order valence-corrected chi connectivity index (χ2v) is 6.69. The number of aryl methyl sites for hydroxylation is 2. The minimum absolute atomic E-state index is 0.295. The normalized spacial score (nSPS) is 10.5. The maximum atomic E-state index is 12.5. The molecule has 0 aliphatic heterocycles. The van der Waals surface area contributed by atoms with E-state index >= 15 is 0 Å². The summed E-state index contributed by atoms with van der Waals surface area (Å²) in [6.45, 7) is 3.99. The van der Waals surface area contributed by atoms with Crippen LogP contribution in [0.2, 0.25) is 0 Å². The van der Waals surface area contributed by atoms with Crippen molar-refractivity contribution in [3.63, 3.8) is 0 Å². The summed E-state index contributed by atoms with van der Waals surface area (Å²) in [5, 5.41) is 6.65. The number of carbonyl (C=O) groups is 1. The van der Waals surface area contributed by atoms with Gasteiger partial charge in [0.25, 0.3) is 5.91 Å². The maximum Gasteiger partial charge on any atom is 0.256 e. The lowest BCUT2D eigenvalue weighted by Crippen LogP contribution is -2.13. The molecule has 0 atom stereocenters. The summed E-state index contributed by atoms with van der Waals surface area (Å²) in [6, 6.07) is 8.48.